The van der Waals surface area contributed by atoms with Crippen molar-refractivity contribution in [2.75, 3.05) is 0 Å². The molecule has 2 heteroatoms. The lowest BCUT2D eigenvalue weighted by atomic mass is 9.88. The summed E-state index contributed by atoms with van der Waals surface area (Å²) in [7, 11) is 0. The minimum absolute atomic E-state index is 0.425. The highest BCUT2D eigenvalue weighted by Crippen LogP contribution is 2.26. The zero-order valence-corrected chi connectivity index (χ0v) is 13.2. The number of aryl methyl sites for hydroxylation is 1. The fourth-order valence-corrected chi connectivity index (χ4v) is 3.17. The normalized spacial score (nSPS) is 24.9. The first-order chi connectivity index (χ1) is 9.60. The van der Waals surface area contributed by atoms with E-state index in [2.05, 4.69) is 50.4 Å². The minimum Gasteiger partial charge on any atom is -0.328 e. The van der Waals surface area contributed by atoms with Crippen LogP contribution < -0.4 is 11.1 Å². The summed E-state index contributed by atoms with van der Waals surface area (Å²) < 4.78 is 0. The van der Waals surface area contributed by atoms with Crippen LogP contribution in [0.5, 0.6) is 0 Å². The van der Waals surface area contributed by atoms with Gasteiger partial charge in [-0.25, -0.2) is 0 Å². The van der Waals surface area contributed by atoms with Crippen LogP contribution in [0.1, 0.15) is 63.6 Å². The van der Waals surface area contributed by atoms with Gasteiger partial charge in [0.15, 0.2) is 0 Å². The number of nitrogens with one attached hydrogen (secondary N) is 1. The molecule has 112 valence electrons. The fourth-order valence-electron chi connectivity index (χ4n) is 3.17. The Hall–Kier alpha value is -0.860. The first-order valence-electron chi connectivity index (χ1n) is 8.20. The molecule has 0 bridgehead atoms. The van der Waals surface area contributed by atoms with E-state index in [9.17, 15) is 0 Å². The van der Waals surface area contributed by atoms with Gasteiger partial charge in [0, 0.05) is 18.1 Å². The van der Waals surface area contributed by atoms with E-state index in [4.69, 9.17) is 5.73 Å². The van der Waals surface area contributed by atoms with Gasteiger partial charge in [-0.2, -0.15) is 0 Å². The van der Waals surface area contributed by atoms with Crippen molar-refractivity contribution in [2.24, 2.45) is 11.7 Å². The topological polar surface area (TPSA) is 38.0 Å². The van der Waals surface area contributed by atoms with E-state index >= 15 is 0 Å². The second kappa shape index (κ2) is 7.24. The molecule has 1 aromatic rings. The number of benzene rings is 1. The maximum absolute atomic E-state index is 6.00. The first kappa shape index (κ1) is 15.5. The molecule has 2 rings (SSSR count). The first-order valence-corrected chi connectivity index (χ1v) is 8.20. The molecule has 0 saturated heterocycles. The molecular formula is C18H30N2. The zero-order chi connectivity index (χ0) is 14.5. The quantitative estimate of drug-likeness (QED) is 0.857. The number of rotatable bonds is 5. The Balaban J connectivity index is 2.02. The summed E-state index contributed by atoms with van der Waals surface area (Å²) in [6.45, 7) is 6.82. The van der Waals surface area contributed by atoms with Crippen molar-refractivity contribution in [1.82, 2.24) is 5.32 Å². The second-order valence-electron chi connectivity index (χ2n) is 6.60. The van der Waals surface area contributed by atoms with Crippen LogP contribution >= 0.6 is 0 Å². The third kappa shape index (κ3) is 4.07. The van der Waals surface area contributed by atoms with E-state index in [0.29, 0.717) is 24.0 Å². The van der Waals surface area contributed by atoms with Crippen molar-refractivity contribution < 1.29 is 0 Å². The largest absolute Gasteiger partial charge is 0.328 e. The summed E-state index contributed by atoms with van der Waals surface area (Å²) in [4.78, 5) is 0. The van der Waals surface area contributed by atoms with Crippen LogP contribution in [0.3, 0.4) is 0 Å². The third-order valence-electron chi connectivity index (χ3n) is 4.60. The summed E-state index contributed by atoms with van der Waals surface area (Å²) in [5.41, 5.74) is 8.84. The maximum atomic E-state index is 6.00. The van der Waals surface area contributed by atoms with Crippen molar-refractivity contribution in [3.8, 4) is 0 Å². The van der Waals surface area contributed by atoms with E-state index < -0.39 is 0 Å². The molecule has 0 radical (unpaired) electrons. The van der Waals surface area contributed by atoms with Gasteiger partial charge in [-0.3, -0.25) is 0 Å². The molecule has 1 atom stereocenters. The van der Waals surface area contributed by atoms with E-state index in [1.807, 2.05) is 0 Å². The monoisotopic (exact) mass is 274 g/mol. The van der Waals surface area contributed by atoms with Crippen LogP contribution in [0.25, 0.3) is 0 Å². The standard InChI is InChI=1S/C18H30N2/c1-4-14-5-7-15(8-6-14)18(13(2)3)20-17-11-9-16(19)10-12-17/h5-8,13,16-18,20H,4,9-12,19H2,1-3H3. The molecule has 0 heterocycles. The lowest BCUT2D eigenvalue weighted by molar-refractivity contribution is 0.286. The predicted octanol–water partition coefficient (Wildman–Crippen LogP) is 3.81. The molecule has 1 saturated carbocycles. The van der Waals surface area contributed by atoms with Crippen LogP contribution in [0, 0.1) is 5.92 Å². The molecule has 20 heavy (non-hydrogen) atoms. The Bertz CT molecular complexity index is 388. The van der Waals surface area contributed by atoms with Crippen molar-refractivity contribution in [2.45, 2.75) is 71.0 Å². The van der Waals surface area contributed by atoms with Gasteiger partial charge >= 0.3 is 0 Å². The highest BCUT2D eigenvalue weighted by Gasteiger charge is 2.23. The maximum Gasteiger partial charge on any atom is 0.0345 e. The molecule has 0 amide bonds. The van der Waals surface area contributed by atoms with Crippen LogP contribution in [0.15, 0.2) is 24.3 Å². The van der Waals surface area contributed by atoms with Crippen molar-refractivity contribution in [3.63, 3.8) is 0 Å². The van der Waals surface area contributed by atoms with Crippen LogP contribution in [-0.4, -0.2) is 12.1 Å². The Morgan fingerprint density at radius 1 is 1.10 bits per heavy atom. The SMILES string of the molecule is CCc1ccc(C(NC2CCC(N)CC2)C(C)C)cc1. The molecule has 3 N–H and O–H groups in total. The predicted molar refractivity (Wildman–Crippen MR) is 86.8 cm³/mol. The summed E-state index contributed by atoms with van der Waals surface area (Å²) >= 11 is 0. The van der Waals surface area contributed by atoms with Crippen molar-refractivity contribution in [3.05, 3.63) is 35.4 Å². The third-order valence-corrected chi connectivity index (χ3v) is 4.60. The van der Waals surface area contributed by atoms with Crippen molar-refractivity contribution >= 4 is 0 Å². The van der Waals surface area contributed by atoms with E-state index in [0.717, 1.165) is 19.3 Å². The smallest absolute Gasteiger partial charge is 0.0345 e. The summed E-state index contributed by atoms with van der Waals surface area (Å²) in [6.07, 6.45) is 5.88. The van der Waals surface area contributed by atoms with Gasteiger partial charge in [-0.05, 0) is 49.1 Å². The van der Waals surface area contributed by atoms with Crippen LogP contribution in [0.4, 0.5) is 0 Å². The molecule has 1 fully saturated rings. The number of hydrogen-bond acceptors (Lipinski definition) is 2. The summed E-state index contributed by atoms with van der Waals surface area (Å²) in [6, 6.07) is 10.6. The minimum atomic E-state index is 0.425. The lowest BCUT2D eigenvalue weighted by Crippen LogP contribution is -2.40. The molecule has 0 aromatic heterocycles. The highest BCUT2D eigenvalue weighted by molar-refractivity contribution is 5.25. The van der Waals surface area contributed by atoms with Gasteiger partial charge in [0.1, 0.15) is 0 Å². The van der Waals surface area contributed by atoms with E-state index in [1.54, 1.807) is 0 Å². The molecule has 1 aliphatic rings. The van der Waals surface area contributed by atoms with Gasteiger partial charge < -0.3 is 11.1 Å². The van der Waals surface area contributed by atoms with Crippen LogP contribution in [-0.2, 0) is 6.42 Å². The summed E-state index contributed by atoms with van der Waals surface area (Å²) in [5, 5.41) is 3.87. The van der Waals surface area contributed by atoms with Gasteiger partial charge in [-0.1, -0.05) is 45.0 Å². The van der Waals surface area contributed by atoms with E-state index in [-0.39, 0.29) is 0 Å². The van der Waals surface area contributed by atoms with Gasteiger partial charge in [0.25, 0.3) is 0 Å². The van der Waals surface area contributed by atoms with Gasteiger partial charge in [-0.15, -0.1) is 0 Å². The van der Waals surface area contributed by atoms with Crippen LogP contribution in [0.2, 0.25) is 0 Å². The number of nitrogens with two attached hydrogens (primary N) is 1. The second-order valence-corrected chi connectivity index (χ2v) is 6.60. The molecule has 0 spiro atoms. The molecular weight excluding hydrogens is 244 g/mol. The highest BCUT2D eigenvalue weighted by atomic mass is 15.0. The molecule has 2 nitrogen and oxygen atoms in total. The Kier molecular flexibility index (Phi) is 5.62. The lowest BCUT2D eigenvalue weighted by Gasteiger charge is -2.33. The average molecular weight is 274 g/mol. The fraction of sp³-hybridized carbons (Fsp3) is 0.667. The molecule has 0 aliphatic heterocycles. The van der Waals surface area contributed by atoms with E-state index in [1.165, 1.54) is 24.0 Å². The molecule has 1 aliphatic carbocycles. The Morgan fingerprint density at radius 2 is 1.70 bits per heavy atom. The van der Waals surface area contributed by atoms with Crippen molar-refractivity contribution in [1.29, 1.82) is 0 Å². The Morgan fingerprint density at radius 3 is 2.20 bits per heavy atom. The zero-order valence-electron chi connectivity index (χ0n) is 13.2. The number of hydrogen-bond donors (Lipinski definition) is 2. The van der Waals surface area contributed by atoms with Gasteiger partial charge in [0.2, 0.25) is 0 Å². The molecule has 1 aromatic carbocycles. The average Bonchev–Trinajstić information content (AvgIpc) is 2.46. The summed E-state index contributed by atoms with van der Waals surface area (Å²) in [5.74, 6) is 0.609. The Labute approximate surface area is 124 Å². The van der Waals surface area contributed by atoms with Gasteiger partial charge in [0.05, 0.1) is 0 Å². The molecule has 1 unspecified atom stereocenters.